The van der Waals surface area contributed by atoms with Gasteiger partial charge < -0.3 is 24.6 Å². The highest BCUT2D eigenvalue weighted by Gasteiger charge is 2.19. The van der Waals surface area contributed by atoms with Gasteiger partial charge in [-0.3, -0.25) is 4.79 Å². The molecule has 0 fully saturated rings. The van der Waals surface area contributed by atoms with Crippen molar-refractivity contribution in [3.63, 3.8) is 0 Å². The fourth-order valence-electron chi connectivity index (χ4n) is 2.21. The van der Waals surface area contributed by atoms with E-state index in [-0.39, 0.29) is 0 Å². The summed E-state index contributed by atoms with van der Waals surface area (Å²) in [5.74, 6) is 1.21. The number of nitrogens with one attached hydrogen (secondary N) is 1. The number of rotatable bonds is 9. The maximum atomic E-state index is 11.3. The van der Waals surface area contributed by atoms with E-state index in [0.29, 0.717) is 36.1 Å². The average Bonchev–Trinajstić information content (AvgIpc) is 2.49. The highest BCUT2D eigenvalue weighted by molar-refractivity contribution is 5.73. The molecule has 0 saturated carbocycles. The van der Waals surface area contributed by atoms with Crippen molar-refractivity contribution in [1.29, 1.82) is 0 Å². The van der Waals surface area contributed by atoms with E-state index in [2.05, 4.69) is 5.32 Å². The number of carbonyl (C=O) groups is 1. The van der Waals surface area contributed by atoms with Gasteiger partial charge in [0.05, 0.1) is 21.3 Å². The molecular formula is C16H25NO5. The van der Waals surface area contributed by atoms with Crippen molar-refractivity contribution in [3.05, 3.63) is 17.7 Å². The molecule has 124 valence electrons. The highest BCUT2D eigenvalue weighted by atomic mass is 16.5. The second kappa shape index (κ2) is 8.48. The molecule has 0 aliphatic carbocycles. The molecule has 0 spiro atoms. The van der Waals surface area contributed by atoms with Crippen LogP contribution in [-0.4, -0.2) is 38.4 Å². The second-order valence-electron chi connectivity index (χ2n) is 5.42. The van der Waals surface area contributed by atoms with Crippen LogP contribution in [0.25, 0.3) is 0 Å². The molecule has 22 heavy (non-hydrogen) atoms. The van der Waals surface area contributed by atoms with Crippen LogP contribution in [0.4, 0.5) is 0 Å². The fraction of sp³-hybridized carbons (Fsp3) is 0.562. The Morgan fingerprint density at radius 2 is 1.64 bits per heavy atom. The summed E-state index contributed by atoms with van der Waals surface area (Å²) in [5.41, 5.74) is 0.815. The van der Waals surface area contributed by atoms with Crippen molar-refractivity contribution in [3.8, 4) is 17.2 Å². The van der Waals surface area contributed by atoms with E-state index in [4.69, 9.17) is 14.2 Å². The molecule has 1 rings (SSSR count). The Labute approximate surface area is 131 Å². The summed E-state index contributed by atoms with van der Waals surface area (Å²) in [6, 6.07) is 2.92. The molecule has 0 bridgehead atoms. The number of methoxy groups -OCH3 is 3. The normalized spacial score (nSPS) is 12.1. The monoisotopic (exact) mass is 311 g/mol. The number of aliphatic carboxylic acids is 1. The Morgan fingerprint density at radius 1 is 1.09 bits per heavy atom. The van der Waals surface area contributed by atoms with Gasteiger partial charge in [-0.2, -0.15) is 0 Å². The van der Waals surface area contributed by atoms with E-state index < -0.39 is 12.0 Å². The van der Waals surface area contributed by atoms with Gasteiger partial charge in [-0.1, -0.05) is 13.8 Å². The first-order valence-electron chi connectivity index (χ1n) is 7.18. The standard InChI is InChI=1S/C16H25NO5/c1-10(2)6-12(16(18)19)17-9-11-7-14(21-4)15(22-5)8-13(11)20-3/h7-8,10,12,17H,6,9H2,1-5H3,(H,18,19). The van der Waals surface area contributed by atoms with Crippen LogP contribution in [0.3, 0.4) is 0 Å². The zero-order valence-electron chi connectivity index (χ0n) is 13.8. The molecule has 6 nitrogen and oxygen atoms in total. The number of hydrogen-bond acceptors (Lipinski definition) is 5. The molecular weight excluding hydrogens is 286 g/mol. The van der Waals surface area contributed by atoms with E-state index in [1.54, 1.807) is 33.5 Å². The van der Waals surface area contributed by atoms with Gasteiger partial charge in [0, 0.05) is 18.2 Å². The summed E-state index contributed by atoms with van der Waals surface area (Å²) < 4.78 is 15.8. The largest absolute Gasteiger partial charge is 0.496 e. The number of carboxylic acids is 1. The number of benzene rings is 1. The van der Waals surface area contributed by atoms with E-state index >= 15 is 0 Å². The van der Waals surface area contributed by atoms with Crippen LogP contribution in [-0.2, 0) is 11.3 Å². The van der Waals surface area contributed by atoms with Gasteiger partial charge in [-0.25, -0.2) is 0 Å². The minimum atomic E-state index is -0.854. The maximum Gasteiger partial charge on any atom is 0.320 e. The highest BCUT2D eigenvalue weighted by Crippen LogP contribution is 2.34. The van der Waals surface area contributed by atoms with E-state index in [1.807, 2.05) is 13.8 Å². The molecule has 1 aromatic carbocycles. The lowest BCUT2D eigenvalue weighted by Crippen LogP contribution is -2.37. The molecule has 0 aliphatic rings. The third kappa shape index (κ3) is 4.80. The molecule has 1 atom stereocenters. The molecule has 1 unspecified atom stereocenters. The van der Waals surface area contributed by atoms with E-state index in [1.165, 1.54) is 0 Å². The Hall–Kier alpha value is -1.95. The Kier molecular flexibility index (Phi) is 6.98. The lowest BCUT2D eigenvalue weighted by Gasteiger charge is -2.18. The van der Waals surface area contributed by atoms with Gasteiger partial charge in [-0.05, 0) is 18.4 Å². The summed E-state index contributed by atoms with van der Waals surface area (Å²) in [5, 5.41) is 12.3. The Bertz CT molecular complexity index is 502. The third-order valence-electron chi connectivity index (χ3n) is 3.33. The quantitative estimate of drug-likeness (QED) is 0.729. The van der Waals surface area contributed by atoms with E-state index in [0.717, 1.165) is 5.56 Å². The lowest BCUT2D eigenvalue weighted by molar-refractivity contribution is -0.140. The molecule has 2 N–H and O–H groups in total. The Morgan fingerprint density at radius 3 is 2.09 bits per heavy atom. The van der Waals surface area contributed by atoms with Crippen molar-refractivity contribution in [1.82, 2.24) is 5.32 Å². The fourth-order valence-corrected chi connectivity index (χ4v) is 2.21. The van der Waals surface area contributed by atoms with Gasteiger partial charge in [0.2, 0.25) is 0 Å². The molecule has 0 saturated heterocycles. The first-order chi connectivity index (χ1) is 10.4. The van der Waals surface area contributed by atoms with Crippen LogP contribution in [0, 0.1) is 5.92 Å². The summed E-state index contributed by atoms with van der Waals surface area (Å²) >= 11 is 0. The molecule has 0 aliphatic heterocycles. The number of ether oxygens (including phenoxy) is 3. The van der Waals surface area contributed by atoms with Gasteiger partial charge in [-0.15, -0.1) is 0 Å². The zero-order valence-corrected chi connectivity index (χ0v) is 13.8. The Balaban J connectivity index is 2.93. The molecule has 0 heterocycles. The summed E-state index contributed by atoms with van der Waals surface area (Å²) in [6.07, 6.45) is 0.560. The van der Waals surface area contributed by atoms with Crippen molar-refractivity contribution >= 4 is 5.97 Å². The van der Waals surface area contributed by atoms with Crippen molar-refractivity contribution in [2.45, 2.75) is 32.9 Å². The first-order valence-corrected chi connectivity index (χ1v) is 7.18. The van der Waals surface area contributed by atoms with Gasteiger partial charge in [0.25, 0.3) is 0 Å². The van der Waals surface area contributed by atoms with Crippen LogP contribution in [0.5, 0.6) is 17.2 Å². The van der Waals surface area contributed by atoms with Crippen molar-refractivity contribution in [2.75, 3.05) is 21.3 Å². The molecule has 0 radical (unpaired) electrons. The van der Waals surface area contributed by atoms with Crippen molar-refractivity contribution < 1.29 is 24.1 Å². The summed E-state index contributed by atoms with van der Waals surface area (Å²) in [4.78, 5) is 11.3. The topological polar surface area (TPSA) is 77.0 Å². The number of hydrogen-bond donors (Lipinski definition) is 2. The molecule has 0 amide bonds. The van der Waals surface area contributed by atoms with Crippen LogP contribution < -0.4 is 19.5 Å². The summed E-state index contributed by atoms with van der Waals surface area (Å²) in [7, 11) is 4.67. The van der Waals surface area contributed by atoms with Gasteiger partial charge in [0.15, 0.2) is 11.5 Å². The SMILES string of the molecule is COc1cc(OC)c(OC)cc1CNC(CC(C)C)C(=O)O. The summed E-state index contributed by atoms with van der Waals surface area (Å²) in [6.45, 7) is 4.36. The van der Waals surface area contributed by atoms with Crippen molar-refractivity contribution in [2.24, 2.45) is 5.92 Å². The van der Waals surface area contributed by atoms with Gasteiger partial charge >= 0.3 is 5.97 Å². The average molecular weight is 311 g/mol. The molecule has 6 heteroatoms. The van der Waals surface area contributed by atoms with Crippen LogP contribution in [0.15, 0.2) is 12.1 Å². The molecule has 0 aromatic heterocycles. The maximum absolute atomic E-state index is 11.3. The smallest absolute Gasteiger partial charge is 0.320 e. The predicted octanol–water partition coefficient (Wildman–Crippen LogP) is 2.30. The number of carboxylic acid groups (broad SMARTS) is 1. The minimum absolute atomic E-state index is 0.292. The zero-order chi connectivity index (χ0) is 16.7. The minimum Gasteiger partial charge on any atom is -0.496 e. The third-order valence-corrected chi connectivity index (χ3v) is 3.33. The van der Waals surface area contributed by atoms with Crippen LogP contribution in [0.2, 0.25) is 0 Å². The lowest BCUT2D eigenvalue weighted by atomic mass is 10.0. The van der Waals surface area contributed by atoms with Gasteiger partial charge in [0.1, 0.15) is 11.8 Å². The van der Waals surface area contributed by atoms with E-state index in [9.17, 15) is 9.90 Å². The van der Waals surface area contributed by atoms with Crippen LogP contribution in [0.1, 0.15) is 25.8 Å². The first kappa shape index (κ1) is 18.1. The predicted molar refractivity (Wildman–Crippen MR) is 83.8 cm³/mol. The molecule has 1 aromatic rings. The second-order valence-corrected chi connectivity index (χ2v) is 5.42. The van der Waals surface area contributed by atoms with Crippen LogP contribution >= 0.6 is 0 Å².